The summed E-state index contributed by atoms with van der Waals surface area (Å²) in [5, 5.41) is 9.39. The number of nitrogens with two attached hydrogens (primary N) is 1. The largest absolute Gasteiger partial charge is 0.323 e. The number of hydrazone groups is 1. The molecule has 2 atom stereocenters. The van der Waals surface area contributed by atoms with Crippen molar-refractivity contribution in [2.45, 2.75) is 43.8 Å². The molecule has 0 radical (unpaired) electrons. The van der Waals surface area contributed by atoms with Gasteiger partial charge in [-0.15, -0.1) is 0 Å². The van der Waals surface area contributed by atoms with Crippen molar-refractivity contribution in [3.8, 4) is 0 Å². The second-order valence-corrected chi connectivity index (χ2v) is 8.26. The van der Waals surface area contributed by atoms with Crippen molar-refractivity contribution < 1.29 is 4.79 Å². The zero-order valence-electron chi connectivity index (χ0n) is 17.0. The monoisotopic (exact) mass is 399 g/mol. The Kier molecular flexibility index (Phi) is 4.51. The highest BCUT2D eigenvalue weighted by molar-refractivity contribution is 6.06. The summed E-state index contributed by atoms with van der Waals surface area (Å²) in [5.74, 6) is 0.557. The van der Waals surface area contributed by atoms with E-state index < -0.39 is 0 Å². The maximum absolute atomic E-state index is 11.7. The van der Waals surface area contributed by atoms with Gasteiger partial charge in [-0.2, -0.15) is 5.10 Å². The van der Waals surface area contributed by atoms with E-state index in [1.165, 1.54) is 18.9 Å². The molecule has 1 saturated carbocycles. The quantitative estimate of drug-likeness (QED) is 0.825. The van der Waals surface area contributed by atoms with Gasteiger partial charge >= 0.3 is 0 Å². The minimum absolute atomic E-state index is 0.0868. The fourth-order valence-electron chi connectivity index (χ4n) is 4.48. The molecular formula is C24H25N5O. The normalized spacial score (nSPS) is 23.9. The summed E-state index contributed by atoms with van der Waals surface area (Å²) in [7, 11) is 0. The van der Waals surface area contributed by atoms with Gasteiger partial charge in [0.25, 0.3) is 0 Å². The summed E-state index contributed by atoms with van der Waals surface area (Å²) in [6, 6.07) is 18.6. The lowest BCUT2D eigenvalue weighted by molar-refractivity contribution is -0.118. The van der Waals surface area contributed by atoms with Crippen molar-refractivity contribution in [3.05, 3.63) is 83.1 Å². The first kappa shape index (κ1) is 18.8. The van der Waals surface area contributed by atoms with E-state index >= 15 is 0 Å². The van der Waals surface area contributed by atoms with E-state index in [9.17, 15) is 4.79 Å². The predicted octanol–water partition coefficient (Wildman–Crippen LogP) is 3.54. The third-order valence-corrected chi connectivity index (χ3v) is 6.24. The molecule has 1 aliphatic carbocycles. The molecule has 2 unspecified atom stereocenters. The molecule has 2 aliphatic heterocycles. The maximum Gasteiger partial charge on any atom is 0.221 e. The number of rotatable bonds is 4. The number of amidine groups is 1. The van der Waals surface area contributed by atoms with Crippen LogP contribution in [0.15, 0.2) is 76.5 Å². The predicted molar refractivity (Wildman–Crippen MR) is 118 cm³/mol. The number of hydrogen-bond donors (Lipinski definition) is 2. The molecule has 0 bridgehead atoms. The van der Waals surface area contributed by atoms with Crippen LogP contribution < -0.4 is 11.1 Å². The second-order valence-electron chi connectivity index (χ2n) is 8.26. The van der Waals surface area contributed by atoms with Crippen LogP contribution >= 0.6 is 0 Å². The van der Waals surface area contributed by atoms with E-state index in [1.54, 1.807) is 12.3 Å². The summed E-state index contributed by atoms with van der Waals surface area (Å²) in [5.41, 5.74) is 10.4. The molecule has 30 heavy (non-hydrogen) atoms. The molecule has 6 nitrogen and oxygen atoms in total. The minimum Gasteiger partial charge on any atom is -0.323 e. The van der Waals surface area contributed by atoms with Gasteiger partial charge in [-0.05, 0) is 42.0 Å². The molecule has 2 aromatic carbocycles. The van der Waals surface area contributed by atoms with E-state index in [2.05, 4.69) is 46.8 Å². The lowest BCUT2D eigenvalue weighted by atomic mass is 9.72. The summed E-state index contributed by atoms with van der Waals surface area (Å²) >= 11 is 0. The molecule has 0 aromatic heterocycles. The molecule has 5 rings (SSSR count). The Bertz CT molecular complexity index is 1050. The third kappa shape index (κ3) is 3.13. The average molecular weight is 399 g/mol. The molecule has 1 fully saturated rings. The first-order valence-electron chi connectivity index (χ1n) is 10.4. The summed E-state index contributed by atoms with van der Waals surface area (Å²) in [4.78, 5) is 16.7. The van der Waals surface area contributed by atoms with Gasteiger partial charge < -0.3 is 11.1 Å². The average Bonchev–Trinajstić information content (AvgIpc) is 3.13. The Balaban J connectivity index is 1.54. The van der Waals surface area contributed by atoms with Crippen LogP contribution in [0.1, 0.15) is 55.0 Å². The number of carbonyl (C=O) groups excluding carboxylic acids is 1. The number of fused-ring (bicyclic) bond motifs is 1. The van der Waals surface area contributed by atoms with Gasteiger partial charge in [0.05, 0.1) is 5.70 Å². The van der Waals surface area contributed by atoms with Crippen molar-refractivity contribution in [2.24, 2.45) is 15.8 Å². The molecule has 3 N–H and O–H groups in total. The van der Waals surface area contributed by atoms with Crippen molar-refractivity contribution in [1.82, 2.24) is 10.3 Å². The maximum atomic E-state index is 11.7. The van der Waals surface area contributed by atoms with Crippen LogP contribution in [-0.4, -0.2) is 23.0 Å². The Labute approximate surface area is 176 Å². The van der Waals surface area contributed by atoms with Crippen molar-refractivity contribution in [3.63, 3.8) is 0 Å². The van der Waals surface area contributed by atoms with Crippen LogP contribution in [0.2, 0.25) is 0 Å². The third-order valence-electron chi connectivity index (χ3n) is 6.24. The number of hydrogen-bond acceptors (Lipinski definition) is 5. The highest BCUT2D eigenvalue weighted by Gasteiger charge is 2.41. The van der Waals surface area contributed by atoms with Gasteiger partial charge in [0, 0.05) is 18.7 Å². The molecule has 152 valence electrons. The second kappa shape index (κ2) is 7.22. The highest BCUT2D eigenvalue weighted by Crippen LogP contribution is 2.45. The van der Waals surface area contributed by atoms with Crippen LogP contribution in [0.25, 0.3) is 0 Å². The van der Waals surface area contributed by atoms with Gasteiger partial charge in [-0.1, -0.05) is 54.6 Å². The van der Waals surface area contributed by atoms with E-state index in [0.717, 1.165) is 24.0 Å². The standard InChI is InChI=1S/C24H25N5O/c1-16(30)27-20-12-15-26-29-22(18-6-3-2-4-7-18)21(28-23(20)29)17-8-10-19(11-9-17)24(25)13-5-14-24/h2-4,6-12,15,21-22H,5,13-14,25H2,1H3,(H,27,30). The molecule has 1 amide bonds. The highest BCUT2D eigenvalue weighted by atomic mass is 16.1. The molecule has 2 heterocycles. The zero-order chi connectivity index (χ0) is 20.7. The Morgan fingerprint density at radius 1 is 1.10 bits per heavy atom. The number of carbonyl (C=O) groups is 1. The molecule has 3 aliphatic rings. The number of aliphatic imine (C=N–C) groups is 1. The fraction of sp³-hybridized carbons (Fsp3) is 0.292. The lowest BCUT2D eigenvalue weighted by Gasteiger charge is -2.38. The number of amides is 1. The smallest absolute Gasteiger partial charge is 0.221 e. The van der Waals surface area contributed by atoms with Gasteiger partial charge in [-0.3, -0.25) is 9.79 Å². The Morgan fingerprint density at radius 3 is 2.47 bits per heavy atom. The Morgan fingerprint density at radius 2 is 1.83 bits per heavy atom. The first-order chi connectivity index (χ1) is 14.5. The van der Waals surface area contributed by atoms with Gasteiger partial charge in [0.1, 0.15) is 12.1 Å². The molecule has 6 heteroatoms. The van der Waals surface area contributed by atoms with Crippen LogP contribution in [0.5, 0.6) is 0 Å². The minimum atomic E-state index is -0.179. The van der Waals surface area contributed by atoms with Crippen LogP contribution in [0.4, 0.5) is 0 Å². The number of nitrogens with one attached hydrogen (secondary N) is 1. The summed E-state index contributed by atoms with van der Waals surface area (Å²) < 4.78 is 0. The number of allylic oxidation sites excluding steroid dienone is 1. The summed E-state index contributed by atoms with van der Waals surface area (Å²) in [6.45, 7) is 1.50. The molecule has 0 spiro atoms. The van der Waals surface area contributed by atoms with Crippen LogP contribution in [-0.2, 0) is 10.3 Å². The SMILES string of the molecule is CC(=O)NC1=CC=NN2C1=NC(c1ccc(C3(N)CCC3)cc1)C2c1ccccc1. The van der Waals surface area contributed by atoms with Crippen molar-refractivity contribution in [2.75, 3.05) is 0 Å². The molecular weight excluding hydrogens is 374 g/mol. The summed E-state index contributed by atoms with van der Waals surface area (Å²) in [6.07, 6.45) is 6.77. The van der Waals surface area contributed by atoms with Crippen LogP contribution in [0.3, 0.4) is 0 Å². The number of benzene rings is 2. The van der Waals surface area contributed by atoms with E-state index in [4.69, 9.17) is 10.7 Å². The van der Waals surface area contributed by atoms with Crippen molar-refractivity contribution in [1.29, 1.82) is 0 Å². The molecule has 0 saturated heterocycles. The van der Waals surface area contributed by atoms with E-state index in [-0.39, 0.29) is 23.5 Å². The fourth-order valence-corrected chi connectivity index (χ4v) is 4.48. The lowest BCUT2D eigenvalue weighted by Crippen LogP contribution is -2.43. The van der Waals surface area contributed by atoms with Gasteiger partial charge in [0.2, 0.25) is 5.91 Å². The van der Waals surface area contributed by atoms with E-state index in [1.807, 2.05) is 23.2 Å². The Hall–Kier alpha value is -3.25. The van der Waals surface area contributed by atoms with Gasteiger partial charge in [0.15, 0.2) is 5.84 Å². The topological polar surface area (TPSA) is 83.1 Å². The number of nitrogens with zero attached hydrogens (tertiary/aromatic N) is 3. The van der Waals surface area contributed by atoms with Crippen LogP contribution in [0, 0.1) is 0 Å². The zero-order valence-corrected chi connectivity index (χ0v) is 17.0. The molecule has 2 aromatic rings. The van der Waals surface area contributed by atoms with Crippen molar-refractivity contribution >= 4 is 18.0 Å². The first-order valence-corrected chi connectivity index (χ1v) is 10.4. The van der Waals surface area contributed by atoms with E-state index in [0.29, 0.717) is 11.5 Å². The van der Waals surface area contributed by atoms with Gasteiger partial charge in [-0.25, -0.2) is 5.01 Å².